The van der Waals surface area contributed by atoms with E-state index in [9.17, 15) is 4.79 Å². The molecule has 0 unspecified atom stereocenters. The maximum Gasteiger partial charge on any atom is 0.305 e. The Bertz CT molecular complexity index is 229. The molecular formula is C17H34O4. The highest BCUT2D eigenvalue weighted by Crippen LogP contribution is 2.13. The third kappa shape index (κ3) is 17.3. The van der Waals surface area contributed by atoms with Gasteiger partial charge in [0, 0.05) is 6.42 Å². The van der Waals surface area contributed by atoms with Crippen LogP contribution in [0.2, 0.25) is 0 Å². The van der Waals surface area contributed by atoms with E-state index in [1.807, 2.05) is 0 Å². The van der Waals surface area contributed by atoms with Crippen molar-refractivity contribution in [2.24, 2.45) is 0 Å². The third-order valence-electron chi connectivity index (χ3n) is 3.82. The van der Waals surface area contributed by atoms with Crippen molar-refractivity contribution in [2.75, 3.05) is 7.11 Å². The van der Waals surface area contributed by atoms with Crippen molar-refractivity contribution in [3.63, 3.8) is 0 Å². The van der Waals surface area contributed by atoms with Gasteiger partial charge in [0.2, 0.25) is 0 Å². The summed E-state index contributed by atoms with van der Waals surface area (Å²) in [5.41, 5.74) is 0. The van der Waals surface area contributed by atoms with E-state index in [1.54, 1.807) is 0 Å². The Balaban J connectivity index is 3.01. The number of aliphatic hydroxyl groups excluding tert-OH is 1. The first-order valence-electron chi connectivity index (χ1n) is 8.59. The summed E-state index contributed by atoms with van der Waals surface area (Å²) in [5.74, 6) is -0.0940. The first-order chi connectivity index (χ1) is 10.2. The molecule has 0 fully saturated rings. The van der Waals surface area contributed by atoms with Gasteiger partial charge < -0.3 is 14.9 Å². The Labute approximate surface area is 129 Å². The van der Waals surface area contributed by atoms with Crippen LogP contribution in [0, 0.1) is 0 Å². The fraction of sp³-hybridized carbons (Fsp3) is 0.941. The summed E-state index contributed by atoms with van der Waals surface area (Å²) in [7, 11) is 1.44. The van der Waals surface area contributed by atoms with Crippen LogP contribution in [0.4, 0.5) is 0 Å². The minimum absolute atomic E-state index is 0.0940. The van der Waals surface area contributed by atoms with Crippen molar-refractivity contribution >= 4 is 5.97 Å². The van der Waals surface area contributed by atoms with Crippen LogP contribution in [0.25, 0.3) is 0 Å². The van der Waals surface area contributed by atoms with Crippen LogP contribution in [-0.4, -0.2) is 29.6 Å². The van der Waals surface area contributed by atoms with E-state index in [0.29, 0.717) is 12.8 Å². The van der Waals surface area contributed by atoms with Gasteiger partial charge in [-0.1, -0.05) is 64.2 Å². The molecule has 2 N–H and O–H groups in total. The molecule has 4 nitrogen and oxygen atoms in total. The monoisotopic (exact) mass is 302 g/mol. The molecule has 21 heavy (non-hydrogen) atoms. The van der Waals surface area contributed by atoms with Gasteiger partial charge in [0.15, 0.2) is 6.29 Å². The molecule has 0 aliphatic carbocycles. The summed E-state index contributed by atoms with van der Waals surface area (Å²) < 4.78 is 4.61. The molecule has 4 heteroatoms. The molecular weight excluding hydrogens is 268 g/mol. The standard InChI is InChI=1S/C17H34O4/c1-21-17(20)15-13-11-9-7-5-3-2-4-6-8-10-12-14-16(18)19/h16,18-19H,2-15H2,1H3. The first-order valence-corrected chi connectivity index (χ1v) is 8.59. The molecule has 0 radical (unpaired) electrons. The maximum atomic E-state index is 10.9. The lowest BCUT2D eigenvalue weighted by Crippen LogP contribution is -2.02. The van der Waals surface area contributed by atoms with Gasteiger partial charge >= 0.3 is 5.97 Å². The summed E-state index contributed by atoms with van der Waals surface area (Å²) in [6.45, 7) is 0. The van der Waals surface area contributed by atoms with Gasteiger partial charge in [-0.2, -0.15) is 0 Å². The van der Waals surface area contributed by atoms with E-state index in [1.165, 1.54) is 58.5 Å². The number of ether oxygens (including phenoxy) is 1. The second kappa shape index (κ2) is 15.8. The zero-order valence-corrected chi connectivity index (χ0v) is 13.7. The van der Waals surface area contributed by atoms with Gasteiger partial charge in [-0.05, 0) is 19.3 Å². The smallest absolute Gasteiger partial charge is 0.305 e. The fourth-order valence-electron chi connectivity index (χ4n) is 2.47. The average Bonchev–Trinajstić information content (AvgIpc) is 2.46. The van der Waals surface area contributed by atoms with E-state index in [0.717, 1.165) is 25.7 Å². The third-order valence-corrected chi connectivity index (χ3v) is 3.82. The Morgan fingerprint density at radius 3 is 1.52 bits per heavy atom. The SMILES string of the molecule is COC(=O)CCCCCCCCCCCCCCC(O)O. The predicted octanol–water partition coefficient (Wildman–Crippen LogP) is 3.93. The molecule has 0 aliphatic rings. The van der Waals surface area contributed by atoms with E-state index in [-0.39, 0.29) is 5.97 Å². The van der Waals surface area contributed by atoms with Gasteiger partial charge in [0.25, 0.3) is 0 Å². The molecule has 0 atom stereocenters. The van der Waals surface area contributed by atoms with Crippen molar-refractivity contribution < 1.29 is 19.7 Å². The molecule has 0 spiro atoms. The fourth-order valence-corrected chi connectivity index (χ4v) is 2.47. The van der Waals surface area contributed by atoms with E-state index < -0.39 is 6.29 Å². The number of esters is 1. The Morgan fingerprint density at radius 1 is 0.762 bits per heavy atom. The zero-order valence-electron chi connectivity index (χ0n) is 13.7. The average molecular weight is 302 g/mol. The van der Waals surface area contributed by atoms with Gasteiger partial charge in [-0.3, -0.25) is 4.79 Å². The molecule has 0 aromatic heterocycles. The van der Waals surface area contributed by atoms with Crippen molar-refractivity contribution in [3.8, 4) is 0 Å². The number of carbonyl (C=O) groups excluding carboxylic acids is 1. The van der Waals surface area contributed by atoms with E-state index >= 15 is 0 Å². The Kier molecular flexibility index (Phi) is 15.3. The van der Waals surface area contributed by atoms with Crippen LogP contribution in [0.5, 0.6) is 0 Å². The molecule has 0 saturated heterocycles. The van der Waals surface area contributed by atoms with E-state index in [4.69, 9.17) is 10.2 Å². The van der Waals surface area contributed by atoms with Crippen LogP contribution in [-0.2, 0) is 9.53 Å². The molecule has 0 bridgehead atoms. The molecule has 126 valence electrons. The minimum Gasteiger partial charge on any atom is -0.469 e. The second-order valence-electron chi connectivity index (χ2n) is 5.84. The number of methoxy groups -OCH3 is 1. The normalized spacial score (nSPS) is 11.0. The molecule has 0 saturated carbocycles. The van der Waals surface area contributed by atoms with Crippen LogP contribution in [0.1, 0.15) is 89.9 Å². The number of unbranched alkanes of at least 4 members (excludes halogenated alkanes) is 11. The number of hydrogen-bond donors (Lipinski definition) is 2. The lowest BCUT2D eigenvalue weighted by atomic mass is 10.0. The lowest BCUT2D eigenvalue weighted by Gasteiger charge is -2.04. The van der Waals surface area contributed by atoms with Crippen molar-refractivity contribution in [2.45, 2.75) is 96.2 Å². The van der Waals surface area contributed by atoms with Crippen molar-refractivity contribution in [1.29, 1.82) is 0 Å². The summed E-state index contributed by atoms with van der Waals surface area (Å²) >= 11 is 0. The summed E-state index contributed by atoms with van der Waals surface area (Å²) in [6.07, 6.45) is 14.2. The van der Waals surface area contributed by atoms with Crippen LogP contribution in [0.3, 0.4) is 0 Å². The zero-order chi connectivity index (χ0) is 15.8. The molecule has 0 aliphatic heterocycles. The maximum absolute atomic E-state index is 10.9. The van der Waals surface area contributed by atoms with E-state index in [2.05, 4.69) is 4.74 Å². The van der Waals surface area contributed by atoms with Gasteiger partial charge in [0.1, 0.15) is 0 Å². The van der Waals surface area contributed by atoms with Crippen molar-refractivity contribution in [1.82, 2.24) is 0 Å². The molecule has 0 aromatic rings. The Morgan fingerprint density at radius 2 is 1.14 bits per heavy atom. The molecule has 0 aromatic carbocycles. The Hall–Kier alpha value is -0.610. The molecule has 0 heterocycles. The topological polar surface area (TPSA) is 66.8 Å². The highest BCUT2D eigenvalue weighted by molar-refractivity contribution is 5.68. The van der Waals surface area contributed by atoms with Crippen LogP contribution < -0.4 is 0 Å². The summed E-state index contributed by atoms with van der Waals surface area (Å²) in [4.78, 5) is 10.9. The number of hydrogen-bond acceptors (Lipinski definition) is 4. The molecule has 0 amide bonds. The summed E-state index contributed by atoms with van der Waals surface area (Å²) in [5, 5.41) is 17.4. The number of aliphatic hydroxyl groups is 2. The largest absolute Gasteiger partial charge is 0.469 e. The summed E-state index contributed by atoms with van der Waals surface area (Å²) in [6, 6.07) is 0. The lowest BCUT2D eigenvalue weighted by molar-refractivity contribution is -0.140. The van der Waals surface area contributed by atoms with Gasteiger partial charge in [-0.25, -0.2) is 0 Å². The van der Waals surface area contributed by atoms with Crippen molar-refractivity contribution in [3.05, 3.63) is 0 Å². The first kappa shape index (κ1) is 20.4. The minimum atomic E-state index is -1.13. The highest BCUT2D eigenvalue weighted by atomic mass is 16.5. The van der Waals surface area contributed by atoms with Gasteiger partial charge in [0.05, 0.1) is 7.11 Å². The quantitative estimate of drug-likeness (QED) is 0.273. The van der Waals surface area contributed by atoms with Crippen LogP contribution >= 0.6 is 0 Å². The van der Waals surface area contributed by atoms with Gasteiger partial charge in [-0.15, -0.1) is 0 Å². The highest BCUT2D eigenvalue weighted by Gasteiger charge is 1.99. The number of carbonyl (C=O) groups is 1. The molecule has 0 rings (SSSR count). The predicted molar refractivity (Wildman–Crippen MR) is 84.9 cm³/mol. The van der Waals surface area contributed by atoms with Crippen LogP contribution in [0.15, 0.2) is 0 Å². The second-order valence-corrected chi connectivity index (χ2v) is 5.84. The number of rotatable bonds is 15.